The third kappa shape index (κ3) is 5.36. The topological polar surface area (TPSA) is 18.5 Å². The fourth-order valence-electron chi connectivity index (χ4n) is 4.22. The minimum atomic E-state index is -4.69. The first-order valence-electron chi connectivity index (χ1n) is 10.7. The number of benzene rings is 3. The SMILES string of the molecule is Fc1cc(OC(F)(F)c2c(F)cc(-c3ccc(C4CCCC4)cc3)cc2F)cc(F)c1OC(F)F. The summed E-state index contributed by atoms with van der Waals surface area (Å²) in [6.45, 7) is -3.58. The normalized spacial score (nSPS) is 14.5. The molecule has 0 saturated heterocycles. The fraction of sp³-hybridized carbons (Fsp3) is 0.280. The molecule has 1 saturated carbocycles. The van der Waals surface area contributed by atoms with E-state index in [0.717, 1.165) is 31.2 Å². The summed E-state index contributed by atoms with van der Waals surface area (Å²) in [6, 6.07) is 8.60. The first kappa shape index (κ1) is 24.8. The molecule has 0 aromatic heterocycles. The van der Waals surface area contributed by atoms with E-state index >= 15 is 0 Å². The molecule has 35 heavy (non-hydrogen) atoms. The van der Waals surface area contributed by atoms with Crippen LogP contribution < -0.4 is 9.47 Å². The smallest absolute Gasteiger partial charge is 0.429 e. The number of hydrogen-bond acceptors (Lipinski definition) is 2. The highest BCUT2D eigenvalue weighted by Crippen LogP contribution is 2.39. The minimum absolute atomic E-state index is 0.00288. The van der Waals surface area contributed by atoms with E-state index in [9.17, 15) is 35.1 Å². The van der Waals surface area contributed by atoms with Crippen LogP contribution in [0.15, 0.2) is 48.5 Å². The van der Waals surface area contributed by atoms with Crippen molar-refractivity contribution in [1.82, 2.24) is 0 Å². The van der Waals surface area contributed by atoms with Crippen LogP contribution in [0.5, 0.6) is 11.5 Å². The predicted octanol–water partition coefficient (Wildman–Crippen LogP) is 8.30. The average Bonchev–Trinajstić information content (AvgIpc) is 3.30. The van der Waals surface area contributed by atoms with Crippen LogP contribution in [0.2, 0.25) is 0 Å². The zero-order valence-corrected chi connectivity index (χ0v) is 17.9. The van der Waals surface area contributed by atoms with E-state index in [-0.39, 0.29) is 17.7 Å². The second kappa shape index (κ2) is 9.75. The van der Waals surface area contributed by atoms with Crippen molar-refractivity contribution in [3.63, 3.8) is 0 Å². The second-order valence-electron chi connectivity index (χ2n) is 8.13. The van der Waals surface area contributed by atoms with Gasteiger partial charge in [-0.15, -0.1) is 0 Å². The van der Waals surface area contributed by atoms with Crippen LogP contribution in [-0.4, -0.2) is 6.61 Å². The molecule has 10 heteroatoms. The molecule has 0 spiro atoms. The van der Waals surface area contributed by atoms with E-state index in [2.05, 4.69) is 9.47 Å². The summed E-state index contributed by atoms with van der Waals surface area (Å²) >= 11 is 0. The molecule has 0 aliphatic heterocycles. The molecule has 0 unspecified atom stereocenters. The third-order valence-electron chi connectivity index (χ3n) is 5.83. The largest absolute Gasteiger partial charge is 0.432 e. The molecule has 0 amide bonds. The van der Waals surface area contributed by atoms with Gasteiger partial charge in [-0.25, -0.2) is 17.6 Å². The van der Waals surface area contributed by atoms with Crippen molar-refractivity contribution in [2.24, 2.45) is 0 Å². The van der Waals surface area contributed by atoms with Gasteiger partial charge in [0.2, 0.25) is 0 Å². The van der Waals surface area contributed by atoms with Gasteiger partial charge in [0.1, 0.15) is 22.9 Å². The average molecular weight is 502 g/mol. The highest BCUT2D eigenvalue weighted by Gasteiger charge is 2.41. The lowest BCUT2D eigenvalue weighted by molar-refractivity contribution is -0.189. The fourth-order valence-corrected chi connectivity index (χ4v) is 4.22. The van der Waals surface area contributed by atoms with Crippen molar-refractivity contribution in [1.29, 1.82) is 0 Å². The molecule has 0 heterocycles. The van der Waals surface area contributed by atoms with Crippen molar-refractivity contribution >= 4 is 0 Å². The molecule has 1 aliphatic rings. The van der Waals surface area contributed by atoms with Gasteiger partial charge < -0.3 is 9.47 Å². The van der Waals surface area contributed by atoms with E-state index in [1.165, 1.54) is 0 Å². The highest BCUT2D eigenvalue weighted by molar-refractivity contribution is 5.64. The standard InChI is InChI=1S/C25H18F8O2/c26-18-9-16(15-7-5-14(6-8-15)13-3-1-2-4-13)10-19(27)22(18)25(32,33)35-17-11-20(28)23(21(29)12-17)34-24(30)31/h5-13,24H,1-4H2. The highest BCUT2D eigenvalue weighted by atomic mass is 19.3. The number of hydrogen-bond donors (Lipinski definition) is 0. The number of rotatable bonds is 7. The Balaban J connectivity index is 1.59. The molecular weight excluding hydrogens is 484 g/mol. The Morgan fingerprint density at radius 2 is 1.29 bits per heavy atom. The summed E-state index contributed by atoms with van der Waals surface area (Å²) in [6.07, 6.45) is -0.311. The number of ether oxygens (including phenoxy) is 2. The molecule has 4 rings (SSSR count). The molecule has 0 N–H and O–H groups in total. The maximum absolute atomic E-state index is 14.6. The van der Waals surface area contributed by atoms with Gasteiger partial charge in [-0.3, -0.25) is 0 Å². The van der Waals surface area contributed by atoms with Crippen molar-refractivity contribution in [2.45, 2.75) is 44.3 Å². The van der Waals surface area contributed by atoms with Gasteiger partial charge in [0, 0.05) is 12.1 Å². The maximum atomic E-state index is 14.6. The Labute approximate surface area is 195 Å². The predicted molar refractivity (Wildman–Crippen MR) is 111 cm³/mol. The number of alkyl halides is 4. The Kier molecular flexibility index (Phi) is 6.91. The Hall–Kier alpha value is -3.30. The molecule has 0 bridgehead atoms. The number of halogens is 8. The van der Waals surface area contributed by atoms with Crippen LogP contribution >= 0.6 is 0 Å². The van der Waals surface area contributed by atoms with Gasteiger partial charge in [-0.05, 0) is 47.6 Å². The quantitative estimate of drug-likeness (QED) is 0.303. The van der Waals surface area contributed by atoms with Crippen LogP contribution in [0.4, 0.5) is 35.1 Å². The van der Waals surface area contributed by atoms with Crippen LogP contribution in [0.1, 0.15) is 42.7 Å². The molecule has 1 fully saturated rings. The lowest BCUT2D eigenvalue weighted by atomic mass is 9.94. The van der Waals surface area contributed by atoms with Crippen molar-refractivity contribution < 1.29 is 44.6 Å². The van der Waals surface area contributed by atoms with Crippen molar-refractivity contribution in [3.8, 4) is 22.6 Å². The summed E-state index contributed by atoms with van der Waals surface area (Å²) in [7, 11) is 0. The molecule has 3 aromatic rings. The van der Waals surface area contributed by atoms with Gasteiger partial charge >= 0.3 is 12.7 Å². The molecule has 0 atom stereocenters. The molecule has 3 aromatic carbocycles. The van der Waals surface area contributed by atoms with E-state index in [0.29, 0.717) is 23.6 Å². The van der Waals surface area contributed by atoms with E-state index in [1.54, 1.807) is 12.1 Å². The molecule has 0 radical (unpaired) electrons. The Morgan fingerprint density at radius 1 is 0.743 bits per heavy atom. The summed E-state index contributed by atoms with van der Waals surface area (Å²) in [5, 5.41) is 0. The van der Waals surface area contributed by atoms with Gasteiger partial charge in [-0.1, -0.05) is 37.1 Å². The van der Waals surface area contributed by atoms with Crippen LogP contribution in [0.3, 0.4) is 0 Å². The maximum Gasteiger partial charge on any atom is 0.432 e. The van der Waals surface area contributed by atoms with Gasteiger partial charge in [0.25, 0.3) is 0 Å². The van der Waals surface area contributed by atoms with Crippen molar-refractivity contribution in [2.75, 3.05) is 0 Å². The van der Waals surface area contributed by atoms with Crippen LogP contribution in [-0.2, 0) is 6.11 Å². The van der Waals surface area contributed by atoms with Gasteiger partial charge in [0.05, 0.1) is 0 Å². The van der Waals surface area contributed by atoms with Crippen LogP contribution in [0, 0.1) is 23.3 Å². The first-order chi connectivity index (χ1) is 16.5. The second-order valence-corrected chi connectivity index (χ2v) is 8.13. The van der Waals surface area contributed by atoms with E-state index < -0.39 is 53.1 Å². The van der Waals surface area contributed by atoms with Crippen molar-refractivity contribution in [3.05, 3.63) is 82.9 Å². The Morgan fingerprint density at radius 3 is 1.80 bits per heavy atom. The molecule has 186 valence electrons. The summed E-state index contributed by atoms with van der Waals surface area (Å²) in [5.74, 6) is -9.14. The van der Waals surface area contributed by atoms with E-state index in [1.807, 2.05) is 12.1 Å². The third-order valence-corrected chi connectivity index (χ3v) is 5.83. The van der Waals surface area contributed by atoms with E-state index in [4.69, 9.17) is 0 Å². The molecular formula is C25H18F8O2. The van der Waals surface area contributed by atoms with Crippen LogP contribution in [0.25, 0.3) is 11.1 Å². The molecule has 1 aliphatic carbocycles. The van der Waals surface area contributed by atoms with Gasteiger partial charge in [-0.2, -0.15) is 17.6 Å². The summed E-state index contributed by atoms with van der Waals surface area (Å²) in [5.41, 5.74) is -0.284. The lowest BCUT2D eigenvalue weighted by Gasteiger charge is -2.20. The lowest BCUT2D eigenvalue weighted by Crippen LogP contribution is -2.25. The summed E-state index contributed by atoms with van der Waals surface area (Å²) in [4.78, 5) is 0. The molecule has 2 nitrogen and oxygen atoms in total. The Bertz CT molecular complexity index is 1160. The first-order valence-corrected chi connectivity index (χ1v) is 10.7. The summed E-state index contributed by atoms with van der Waals surface area (Å²) < 4.78 is 118. The zero-order valence-electron chi connectivity index (χ0n) is 17.9. The minimum Gasteiger partial charge on any atom is -0.429 e. The zero-order chi connectivity index (χ0) is 25.3. The van der Waals surface area contributed by atoms with Gasteiger partial charge in [0.15, 0.2) is 17.4 Å². The monoisotopic (exact) mass is 502 g/mol.